The lowest BCUT2D eigenvalue weighted by molar-refractivity contribution is 0.108. The zero-order valence-corrected chi connectivity index (χ0v) is 8.79. The van der Waals surface area contributed by atoms with E-state index in [0.29, 0.717) is 0 Å². The molecule has 0 aliphatic heterocycles. The molecule has 64 valence electrons. The molecule has 0 saturated heterocycles. The van der Waals surface area contributed by atoms with Crippen LogP contribution in [-0.4, -0.2) is 5.52 Å². The Morgan fingerprint density at radius 2 is 1.67 bits per heavy atom. The van der Waals surface area contributed by atoms with Crippen molar-refractivity contribution in [3.63, 3.8) is 0 Å². The molecule has 1 aromatic rings. The maximum Gasteiger partial charge on any atom is 0.178 e. The van der Waals surface area contributed by atoms with Crippen molar-refractivity contribution >= 4 is 14.8 Å². The van der Waals surface area contributed by atoms with Gasteiger partial charge in [-0.3, -0.25) is 4.79 Å². The van der Waals surface area contributed by atoms with Crippen molar-refractivity contribution in [2.45, 2.75) is 20.8 Å². The van der Waals surface area contributed by atoms with E-state index in [9.17, 15) is 4.79 Å². The highest BCUT2D eigenvalue weighted by atomic mass is 31.0. The quantitative estimate of drug-likeness (QED) is 0.607. The van der Waals surface area contributed by atoms with Gasteiger partial charge in [-0.1, -0.05) is 21.4 Å². The monoisotopic (exact) mass is 180 g/mol. The van der Waals surface area contributed by atoms with Crippen LogP contribution in [-0.2, 0) is 0 Å². The summed E-state index contributed by atoms with van der Waals surface area (Å²) in [5.41, 5.74) is 4.24. The second kappa shape index (κ2) is 3.37. The third kappa shape index (κ3) is 1.56. The number of hydrogen-bond acceptors (Lipinski definition) is 1. The molecule has 0 saturated carbocycles. The van der Waals surface area contributed by atoms with E-state index in [1.165, 1.54) is 5.56 Å². The lowest BCUT2D eigenvalue weighted by Gasteiger charge is -2.08. The Bertz CT molecular complexity index is 329. The molecule has 2 heteroatoms. The first-order chi connectivity index (χ1) is 5.54. The van der Waals surface area contributed by atoms with Crippen LogP contribution in [0.15, 0.2) is 12.1 Å². The minimum absolute atomic E-state index is 0.0775. The predicted octanol–water partition coefficient (Wildman–Crippen LogP) is 2.63. The summed E-state index contributed by atoms with van der Waals surface area (Å²) in [6, 6.07) is 4.03. The number of benzene rings is 1. The largest absolute Gasteiger partial charge is 0.290 e. The Kier molecular flexibility index (Phi) is 2.64. The molecule has 0 N–H and O–H groups in total. The fraction of sp³-hybridized carbons (Fsp3) is 0.300. The predicted molar refractivity (Wildman–Crippen MR) is 54.7 cm³/mol. The molecule has 0 fully saturated rings. The minimum Gasteiger partial charge on any atom is -0.290 e. The van der Waals surface area contributed by atoms with Crippen LogP contribution in [0, 0.1) is 20.8 Å². The van der Waals surface area contributed by atoms with Crippen molar-refractivity contribution in [1.29, 1.82) is 0 Å². The highest BCUT2D eigenvalue weighted by molar-refractivity contribution is 7.41. The van der Waals surface area contributed by atoms with E-state index >= 15 is 0 Å². The zero-order valence-electron chi connectivity index (χ0n) is 7.64. The SMILES string of the molecule is Cc1ccc(C)c(C(=O)P)c1C. The fourth-order valence-corrected chi connectivity index (χ4v) is 1.77. The molecule has 1 rings (SSSR count). The van der Waals surface area contributed by atoms with Crippen LogP contribution in [0.1, 0.15) is 27.0 Å². The van der Waals surface area contributed by atoms with Gasteiger partial charge >= 0.3 is 0 Å². The second-order valence-corrected chi connectivity index (χ2v) is 3.59. The molecule has 0 bridgehead atoms. The first-order valence-electron chi connectivity index (χ1n) is 3.90. The van der Waals surface area contributed by atoms with Gasteiger partial charge in [0.2, 0.25) is 0 Å². The van der Waals surface area contributed by atoms with Crippen LogP contribution in [0.4, 0.5) is 0 Å². The molecule has 0 amide bonds. The lowest BCUT2D eigenvalue weighted by atomic mass is 9.99. The van der Waals surface area contributed by atoms with Crippen molar-refractivity contribution < 1.29 is 4.79 Å². The van der Waals surface area contributed by atoms with Gasteiger partial charge in [-0.2, -0.15) is 0 Å². The molecule has 0 spiro atoms. The number of aryl methyl sites for hydroxylation is 2. The molecule has 0 aromatic heterocycles. The molecular formula is C10H13OP. The maximum atomic E-state index is 11.2. The summed E-state index contributed by atoms with van der Waals surface area (Å²) in [6.45, 7) is 5.97. The average molecular weight is 180 g/mol. The van der Waals surface area contributed by atoms with E-state index in [4.69, 9.17) is 0 Å². The second-order valence-electron chi connectivity index (χ2n) is 3.06. The van der Waals surface area contributed by atoms with Gasteiger partial charge in [0.25, 0.3) is 0 Å². The van der Waals surface area contributed by atoms with Crippen LogP contribution in [0.25, 0.3) is 0 Å². The highest BCUT2D eigenvalue weighted by Gasteiger charge is 2.08. The normalized spacial score (nSPS) is 10.0. The van der Waals surface area contributed by atoms with Gasteiger partial charge in [-0.15, -0.1) is 0 Å². The Hall–Kier alpha value is -0.680. The molecule has 0 heterocycles. The van der Waals surface area contributed by atoms with Crippen molar-refractivity contribution in [2.24, 2.45) is 0 Å². The first-order valence-corrected chi connectivity index (χ1v) is 4.48. The lowest BCUT2D eigenvalue weighted by Crippen LogP contribution is -1.98. The van der Waals surface area contributed by atoms with Crippen molar-refractivity contribution in [3.8, 4) is 0 Å². The molecular weight excluding hydrogens is 167 g/mol. The van der Waals surface area contributed by atoms with Crippen molar-refractivity contribution in [3.05, 3.63) is 34.4 Å². The van der Waals surface area contributed by atoms with Crippen LogP contribution in [0.5, 0.6) is 0 Å². The Morgan fingerprint density at radius 3 is 2.08 bits per heavy atom. The van der Waals surface area contributed by atoms with Gasteiger partial charge in [-0.25, -0.2) is 0 Å². The van der Waals surface area contributed by atoms with Crippen LogP contribution < -0.4 is 0 Å². The van der Waals surface area contributed by atoms with Gasteiger partial charge in [0, 0.05) is 5.56 Å². The van der Waals surface area contributed by atoms with Gasteiger partial charge in [0.15, 0.2) is 5.52 Å². The van der Waals surface area contributed by atoms with Crippen LogP contribution in [0.3, 0.4) is 0 Å². The number of rotatable bonds is 1. The smallest absolute Gasteiger partial charge is 0.178 e. The van der Waals surface area contributed by atoms with Crippen LogP contribution >= 0.6 is 9.24 Å². The van der Waals surface area contributed by atoms with E-state index in [1.807, 2.05) is 32.9 Å². The number of carbonyl (C=O) groups excluding carboxylic acids is 1. The topological polar surface area (TPSA) is 17.1 Å². The average Bonchev–Trinajstić information content (AvgIpc) is 1.97. The maximum absolute atomic E-state index is 11.2. The summed E-state index contributed by atoms with van der Waals surface area (Å²) in [5, 5.41) is 0. The molecule has 1 unspecified atom stereocenters. The Balaban J connectivity index is 3.43. The van der Waals surface area contributed by atoms with Gasteiger partial charge in [-0.05, 0) is 37.5 Å². The van der Waals surface area contributed by atoms with E-state index < -0.39 is 0 Å². The van der Waals surface area contributed by atoms with Crippen molar-refractivity contribution in [2.75, 3.05) is 0 Å². The standard InChI is InChI=1S/C10H13OP/c1-6-4-5-7(2)9(8(6)3)10(11)12/h4-5H,12H2,1-3H3. The molecule has 1 nitrogen and oxygen atoms in total. The molecule has 0 radical (unpaired) electrons. The summed E-state index contributed by atoms with van der Waals surface area (Å²) in [6.07, 6.45) is 0. The number of carbonyl (C=O) groups is 1. The number of hydrogen-bond donors (Lipinski definition) is 0. The minimum atomic E-state index is 0.0775. The zero-order chi connectivity index (χ0) is 9.30. The van der Waals surface area contributed by atoms with Gasteiger partial charge < -0.3 is 0 Å². The van der Waals surface area contributed by atoms with E-state index in [0.717, 1.165) is 16.7 Å². The van der Waals surface area contributed by atoms with E-state index in [-0.39, 0.29) is 5.52 Å². The van der Waals surface area contributed by atoms with E-state index in [2.05, 4.69) is 9.24 Å². The molecule has 0 aliphatic carbocycles. The first kappa shape index (κ1) is 9.41. The van der Waals surface area contributed by atoms with E-state index in [1.54, 1.807) is 0 Å². The third-order valence-corrected chi connectivity index (χ3v) is 2.48. The summed E-state index contributed by atoms with van der Waals surface area (Å²) in [7, 11) is 2.22. The van der Waals surface area contributed by atoms with Gasteiger partial charge in [0.05, 0.1) is 0 Å². The van der Waals surface area contributed by atoms with Crippen molar-refractivity contribution in [1.82, 2.24) is 0 Å². The molecule has 1 aromatic carbocycles. The molecule has 12 heavy (non-hydrogen) atoms. The molecule has 1 atom stereocenters. The summed E-state index contributed by atoms with van der Waals surface area (Å²) < 4.78 is 0. The summed E-state index contributed by atoms with van der Waals surface area (Å²) in [5.74, 6) is 0. The van der Waals surface area contributed by atoms with Gasteiger partial charge in [0.1, 0.15) is 0 Å². The summed E-state index contributed by atoms with van der Waals surface area (Å²) in [4.78, 5) is 11.2. The molecule has 0 aliphatic rings. The van der Waals surface area contributed by atoms with Crippen LogP contribution in [0.2, 0.25) is 0 Å². The fourth-order valence-electron chi connectivity index (χ4n) is 1.33. The highest BCUT2D eigenvalue weighted by Crippen LogP contribution is 2.19. The third-order valence-electron chi connectivity index (χ3n) is 2.19. The Labute approximate surface area is 75.4 Å². The Morgan fingerprint density at radius 1 is 1.17 bits per heavy atom. The summed E-state index contributed by atoms with van der Waals surface area (Å²) >= 11 is 0.